The van der Waals surface area contributed by atoms with E-state index in [0.29, 0.717) is 30.1 Å². The molecule has 1 fully saturated rings. The summed E-state index contributed by atoms with van der Waals surface area (Å²) >= 11 is 0. The summed E-state index contributed by atoms with van der Waals surface area (Å²) in [7, 11) is 1.27. The highest BCUT2D eigenvalue weighted by molar-refractivity contribution is 5.85. The predicted molar refractivity (Wildman–Crippen MR) is 120 cm³/mol. The van der Waals surface area contributed by atoms with Crippen LogP contribution in [0.3, 0.4) is 0 Å². The van der Waals surface area contributed by atoms with Crippen LogP contribution < -0.4 is 14.4 Å². The van der Waals surface area contributed by atoms with E-state index in [1.54, 1.807) is 0 Å². The third-order valence-corrected chi connectivity index (χ3v) is 5.93. The van der Waals surface area contributed by atoms with Crippen molar-refractivity contribution in [2.75, 3.05) is 45.0 Å². The Morgan fingerprint density at radius 2 is 1.82 bits per heavy atom. The molecule has 0 bridgehead atoms. The number of benzene rings is 2. The maximum absolute atomic E-state index is 12.3. The molecule has 0 unspecified atom stereocenters. The minimum absolute atomic E-state index is 0.266. The summed E-state index contributed by atoms with van der Waals surface area (Å²) in [4.78, 5) is 26.2. The number of para-hydroxylation sites is 2. The third-order valence-electron chi connectivity index (χ3n) is 5.93. The van der Waals surface area contributed by atoms with Gasteiger partial charge in [-0.3, -0.25) is 9.69 Å². The zero-order valence-electron chi connectivity index (χ0n) is 18.2. The molecule has 5 rings (SSSR count). The molecule has 1 saturated heterocycles. The summed E-state index contributed by atoms with van der Waals surface area (Å²) in [5, 5.41) is 9.68. The third kappa shape index (κ3) is 4.13. The van der Waals surface area contributed by atoms with E-state index < -0.39 is 11.9 Å². The molecule has 2 aliphatic rings. The fourth-order valence-electron chi connectivity index (χ4n) is 4.19. The van der Waals surface area contributed by atoms with Crippen LogP contribution in [0, 0.1) is 11.3 Å². The normalized spacial score (nSPS) is 16.4. The lowest BCUT2D eigenvalue weighted by molar-refractivity contribution is -0.141. The first-order chi connectivity index (χ1) is 16.2. The zero-order chi connectivity index (χ0) is 22.8. The van der Waals surface area contributed by atoms with Crippen LogP contribution in [0.2, 0.25) is 0 Å². The molecule has 33 heavy (non-hydrogen) atoms. The standard InChI is InChI=1S/C24H23N5O4/c1-31-24(30)17(13-25)22-23(27-19-5-3-2-4-18(19)26-22)29-10-8-28(9-11-29)14-16-6-7-20-21(12-16)33-15-32-20/h2-7,12,17H,8-11,14-15H2,1H3/t17-/m0/s1. The molecule has 2 aromatic carbocycles. The van der Waals surface area contributed by atoms with E-state index in [1.807, 2.05) is 42.5 Å². The van der Waals surface area contributed by atoms with E-state index in [0.717, 1.165) is 42.2 Å². The first-order valence-corrected chi connectivity index (χ1v) is 10.8. The molecule has 1 aromatic heterocycles. The van der Waals surface area contributed by atoms with Crippen molar-refractivity contribution in [3.63, 3.8) is 0 Å². The fraction of sp³-hybridized carbons (Fsp3) is 0.333. The summed E-state index contributed by atoms with van der Waals surface area (Å²) in [6, 6.07) is 15.5. The number of methoxy groups -OCH3 is 1. The van der Waals surface area contributed by atoms with Crippen molar-refractivity contribution in [3.8, 4) is 17.6 Å². The van der Waals surface area contributed by atoms with Gasteiger partial charge in [-0.15, -0.1) is 0 Å². The highest BCUT2D eigenvalue weighted by atomic mass is 16.7. The average molecular weight is 445 g/mol. The summed E-state index contributed by atoms with van der Waals surface area (Å²) in [5.74, 6) is 0.364. The van der Waals surface area contributed by atoms with E-state index in [9.17, 15) is 10.1 Å². The second-order valence-electron chi connectivity index (χ2n) is 7.96. The van der Waals surface area contributed by atoms with Crippen LogP contribution in [-0.4, -0.2) is 60.9 Å². The van der Waals surface area contributed by atoms with Gasteiger partial charge in [-0.1, -0.05) is 18.2 Å². The summed E-state index contributed by atoms with van der Waals surface area (Å²) in [5.41, 5.74) is 2.86. The number of ether oxygens (including phenoxy) is 3. The molecule has 0 N–H and O–H groups in total. The Bertz CT molecular complexity index is 1230. The smallest absolute Gasteiger partial charge is 0.329 e. The van der Waals surface area contributed by atoms with Crippen LogP contribution in [-0.2, 0) is 16.1 Å². The van der Waals surface area contributed by atoms with E-state index in [4.69, 9.17) is 19.2 Å². The number of nitrogens with zero attached hydrogens (tertiary/aromatic N) is 5. The van der Waals surface area contributed by atoms with Crippen molar-refractivity contribution in [1.29, 1.82) is 5.26 Å². The van der Waals surface area contributed by atoms with Crippen molar-refractivity contribution in [2.45, 2.75) is 12.5 Å². The number of anilines is 1. The van der Waals surface area contributed by atoms with Crippen molar-refractivity contribution >= 4 is 22.8 Å². The van der Waals surface area contributed by atoms with E-state index in [1.165, 1.54) is 7.11 Å². The number of fused-ring (bicyclic) bond motifs is 2. The molecule has 168 valence electrons. The van der Waals surface area contributed by atoms with Crippen molar-refractivity contribution in [1.82, 2.24) is 14.9 Å². The van der Waals surface area contributed by atoms with E-state index >= 15 is 0 Å². The monoisotopic (exact) mass is 445 g/mol. The molecule has 0 amide bonds. The van der Waals surface area contributed by atoms with Gasteiger partial charge in [0.15, 0.2) is 23.2 Å². The number of carbonyl (C=O) groups is 1. The predicted octanol–water partition coefficient (Wildman–Crippen LogP) is 2.46. The van der Waals surface area contributed by atoms with Crippen molar-refractivity contribution in [2.24, 2.45) is 0 Å². The van der Waals surface area contributed by atoms with Gasteiger partial charge in [0.2, 0.25) is 6.79 Å². The van der Waals surface area contributed by atoms with E-state index in [2.05, 4.69) is 20.9 Å². The van der Waals surface area contributed by atoms with Gasteiger partial charge >= 0.3 is 5.97 Å². The van der Waals surface area contributed by atoms with Gasteiger partial charge in [0.25, 0.3) is 0 Å². The van der Waals surface area contributed by atoms with Gasteiger partial charge < -0.3 is 19.1 Å². The lowest BCUT2D eigenvalue weighted by Crippen LogP contribution is -2.46. The Balaban J connectivity index is 1.36. The first kappa shape index (κ1) is 21.0. The molecule has 0 radical (unpaired) electrons. The van der Waals surface area contributed by atoms with Crippen LogP contribution in [0.1, 0.15) is 17.2 Å². The molecule has 3 aromatic rings. The molecule has 0 spiro atoms. The Labute approximate surface area is 191 Å². The highest BCUT2D eigenvalue weighted by Crippen LogP contribution is 2.33. The number of hydrogen-bond donors (Lipinski definition) is 0. The highest BCUT2D eigenvalue weighted by Gasteiger charge is 2.31. The molecule has 0 saturated carbocycles. The second kappa shape index (κ2) is 8.92. The number of esters is 1. The minimum atomic E-state index is -1.13. The second-order valence-corrected chi connectivity index (χ2v) is 7.96. The number of hydrogen-bond acceptors (Lipinski definition) is 9. The number of aromatic nitrogens is 2. The topological polar surface area (TPSA) is 101 Å². The molecule has 9 nitrogen and oxygen atoms in total. The lowest BCUT2D eigenvalue weighted by Gasteiger charge is -2.36. The number of piperazine rings is 1. The van der Waals surface area contributed by atoms with Crippen molar-refractivity contribution < 1.29 is 19.0 Å². The molecular weight excluding hydrogens is 422 g/mol. The Morgan fingerprint density at radius 1 is 1.09 bits per heavy atom. The van der Waals surface area contributed by atoms with Crippen LogP contribution in [0.25, 0.3) is 11.0 Å². The van der Waals surface area contributed by atoms with Gasteiger partial charge in [0.05, 0.1) is 24.2 Å². The molecule has 3 heterocycles. The molecule has 9 heteroatoms. The average Bonchev–Trinajstić information content (AvgIpc) is 3.32. The Kier molecular flexibility index (Phi) is 5.67. The van der Waals surface area contributed by atoms with Crippen LogP contribution in [0.5, 0.6) is 11.5 Å². The maximum Gasteiger partial charge on any atom is 0.329 e. The Hall–Kier alpha value is -3.90. The quantitative estimate of drug-likeness (QED) is 0.548. The number of nitriles is 1. The first-order valence-electron chi connectivity index (χ1n) is 10.8. The largest absolute Gasteiger partial charge is 0.468 e. The van der Waals surface area contributed by atoms with Crippen molar-refractivity contribution in [3.05, 3.63) is 53.7 Å². The lowest BCUT2D eigenvalue weighted by atomic mass is 10.1. The Morgan fingerprint density at radius 3 is 2.55 bits per heavy atom. The molecule has 0 aliphatic carbocycles. The summed E-state index contributed by atoms with van der Waals surface area (Å²) < 4.78 is 15.7. The SMILES string of the molecule is COC(=O)[C@@H](C#N)c1nc2ccccc2nc1N1CCN(Cc2ccc3c(c2)OCO3)CC1. The molecule has 2 aliphatic heterocycles. The van der Waals surface area contributed by atoms with Crippen LogP contribution in [0.15, 0.2) is 42.5 Å². The maximum atomic E-state index is 12.3. The summed E-state index contributed by atoms with van der Waals surface area (Å²) in [6.45, 7) is 4.06. The van der Waals surface area contributed by atoms with Gasteiger partial charge in [-0.2, -0.15) is 5.26 Å². The number of rotatable bonds is 5. The van der Waals surface area contributed by atoms with Gasteiger partial charge in [-0.05, 0) is 29.8 Å². The fourth-order valence-corrected chi connectivity index (χ4v) is 4.19. The van der Waals surface area contributed by atoms with Gasteiger partial charge in [0, 0.05) is 32.7 Å². The molecular formula is C24H23N5O4. The van der Waals surface area contributed by atoms with Crippen LogP contribution >= 0.6 is 0 Å². The van der Waals surface area contributed by atoms with Crippen LogP contribution in [0.4, 0.5) is 5.82 Å². The number of carbonyl (C=O) groups excluding carboxylic acids is 1. The minimum Gasteiger partial charge on any atom is -0.468 e. The van der Waals surface area contributed by atoms with Gasteiger partial charge in [0.1, 0.15) is 5.69 Å². The van der Waals surface area contributed by atoms with Gasteiger partial charge in [-0.25, -0.2) is 9.97 Å². The molecule has 1 atom stereocenters. The zero-order valence-corrected chi connectivity index (χ0v) is 18.2. The van der Waals surface area contributed by atoms with E-state index in [-0.39, 0.29) is 6.79 Å². The summed E-state index contributed by atoms with van der Waals surface area (Å²) in [6.07, 6.45) is 0.